The van der Waals surface area contributed by atoms with Crippen LogP contribution in [-0.4, -0.2) is 31.5 Å². The lowest BCUT2D eigenvalue weighted by Crippen LogP contribution is -2.24. The van der Waals surface area contributed by atoms with Crippen molar-refractivity contribution in [3.8, 4) is 16.9 Å². The van der Waals surface area contributed by atoms with Crippen LogP contribution in [0.15, 0.2) is 48.5 Å². The van der Waals surface area contributed by atoms with Gasteiger partial charge in [0.05, 0.1) is 13.7 Å². The Bertz CT molecular complexity index is 652. The van der Waals surface area contributed by atoms with Gasteiger partial charge in [-0.05, 0) is 24.2 Å². The molecule has 2 aromatic carbocycles. The van der Waals surface area contributed by atoms with Crippen LogP contribution in [0.3, 0.4) is 0 Å². The van der Waals surface area contributed by atoms with E-state index in [9.17, 15) is 4.79 Å². The average Bonchev–Trinajstić information content (AvgIpc) is 2.86. The van der Waals surface area contributed by atoms with E-state index in [0.29, 0.717) is 6.54 Å². The first kappa shape index (κ1) is 13.6. The second-order valence-corrected chi connectivity index (χ2v) is 5.21. The molecule has 0 spiro atoms. The van der Waals surface area contributed by atoms with Gasteiger partial charge in [-0.15, -0.1) is 0 Å². The number of hydrogen-bond donors (Lipinski definition) is 1. The van der Waals surface area contributed by atoms with E-state index >= 15 is 0 Å². The van der Waals surface area contributed by atoms with Crippen LogP contribution in [0.2, 0.25) is 0 Å². The third kappa shape index (κ3) is 2.62. The van der Waals surface area contributed by atoms with Gasteiger partial charge in [-0.1, -0.05) is 42.5 Å². The number of nitrogens with zero attached hydrogens (tertiary/aromatic N) is 1. The van der Waals surface area contributed by atoms with Gasteiger partial charge in [-0.2, -0.15) is 0 Å². The zero-order valence-electron chi connectivity index (χ0n) is 12.2. The number of para-hydroxylation sites is 1. The first-order valence-electron chi connectivity index (χ1n) is 6.92. The molecule has 108 valence electrons. The van der Waals surface area contributed by atoms with Gasteiger partial charge in [-0.3, -0.25) is 9.69 Å². The fourth-order valence-electron chi connectivity index (χ4n) is 2.69. The third-order valence-electron chi connectivity index (χ3n) is 3.78. The van der Waals surface area contributed by atoms with Crippen molar-refractivity contribution < 1.29 is 9.53 Å². The van der Waals surface area contributed by atoms with E-state index < -0.39 is 0 Å². The zero-order chi connectivity index (χ0) is 14.8. The minimum Gasteiger partial charge on any atom is -0.496 e. The summed E-state index contributed by atoms with van der Waals surface area (Å²) in [5.41, 5.74) is 3.25. The molecule has 0 aromatic heterocycles. The average molecular weight is 282 g/mol. The highest BCUT2D eigenvalue weighted by Gasteiger charge is 2.27. The quantitative estimate of drug-likeness (QED) is 0.940. The van der Waals surface area contributed by atoms with Gasteiger partial charge in [-0.25, -0.2) is 0 Å². The maximum atomic E-state index is 11.4. The summed E-state index contributed by atoms with van der Waals surface area (Å²) >= 11 is 0. The molecule has 1 N–H and O–H groups in total. The van der Waals surface area contributed by atoms with Gasteiger partial charge in [0.25, 0.3) is 0 Å². The minimum absolute atomic E-state index is 0.0378. The Hall–Kier alpha value is -2.33. The molecule has 1 aliphatic heterocycles. The van der Waals surface area contributed by atoms with Crippen LogP contribution >= 0.6 is 0 Å². The van der Waals surface area contributed by atoms with Crippen molar-refractivity contribution in [2.24, 2.45) is 0 Å². The molecular weight excluding hydrogens is 264 g/mol. The second kappa shape index (κ2) is 5.58. The first-order valence-corrected chi connectivity index (χ1v) is 6.92. The normalized spacial score (nSPS) is 18.6. The van der Waals surface area contributed by atoms with Crippen LogP contribution in [0.25, 0.3) is 11.1 Å². The molecule has 1 unspecified atom stereocenters. The van der Waals surface area contributed by atoms with Gasteiger partial charge in [0, 0.05) is 5.56 Å². The van der Waals surface area contributed by atoms with Crippen LogP contribution < -0.4 is 10.1 Å². The summed E-state index contributed by atoms with van der Waals surface area (Å²) in [6.07, 6.45) is -0.0378. The highest BCUT2D eigenvalue weighted by molar-refractivity contribution is 5.80. The van der Waals surface area contributed by atoms with E-state index in [1.54, 1.807) is 7.11 Å². The maximum absolute atomic E-state index is 11.4. The van der Waals surface area contributed by atoms with Crippen molar-refractivity contribution in [2.75, 3.05) is 20.7 Å². The Morgan fingerprint density at radius 3 is 2.48 bits per heavy atom. The number of amides is 1. The van der Waals surface area contributed by atoms with Crippen molar-refractivity contribution in [1.29, 1.82) is 0 Å². The lowest BCUT2D eigenvalue weighted by molar-refractivity contribution is -0.118. The van der Waals surface area contributed by atoms with E-state index in [4.69, 9.17) is 4.74 Å². The highest BCUT2D eigenvalue weighted by Crippen LogP contribution is 2.31. The number of carbonyl (C=O) groups is 1. The molecule has 1 atom stereocenters. The molecule has 0 bridgehead atoms. The van der Waals surface area contributed by atoms with E-state index in [1.165, 1.54) is 0 Å². The lowest BCUT2D eigenvalue weighted by Gasteiger charge is -2.19. The zero-order valence-corrected chi connectivity index (χ0v) is 12.2. The minimum atomic E-state index is -0.0378. The lowest BCUT2D eigenvalue weighted by atomic mass is 10.0. The summed E-state index contributed by atoms with van der Waals surface area (Å²) < 4.78 is 5.40. The molecule has 2 aromatic rings. The molecule has 4 heteroatoms. The Kier molecular flexibility index (Phi) is 3.62. The van der Waals surface area contributed by atoms with Crippen LogP contribution in [0.4, 0.5) is 0 Å². The number of carbonyl (C=O) groups excluding carboxylic acids is 1. The number of likely N-dealkylation sites (N-methyl/N-ethyl adjacent to an activating group) is 1. The molecule has 0 aliphatic carbocycles. The molecule has 0 radical (unpaired) electrons. The molecule has 1 amide bonds. The monoisotopic (exact) mass is 282 g/mol. The summed E-state index contributed by atoms with van der Waals surface area (Å²) in [4.78, 5) is 13.4. The fraction of sp³-hybridized carbons (Fsp3) is 0.235. The molecule has 1 aliphatic rings. The Labute approximate surface area is 124 Å². The highest BCUT2D eigenvalue weighted by atomic mass is 16.5. The van der Waals surface area contributed by atoms with Crippen molar-refractivity contribution in [3.05, 3.63) is 54.1 Å². The maximum Gasteiger partial charge on any atom is 0.235 e. The summed E-state index contributed by atoms with van der Waals surface area (Å²) in [7, 11) is 3.62. The largest absolute Gasteiger partial charge is 0.496 e. The predicted molar refractivity (Wildman–Crippen MR) is 81.9 cm³/mol. The Morgan fingerprint density at radius 1 is 1.14 bits per heavy atom. The van der Waals surface area contributed by atoms with Crippen molar-refractivity contribution >= 4 is 5.91 Å². The van der Waals surface area contributed by atoms with Crippen LogP contribution in [-0.2, 0) is 4.79 Å². The van der Waals surface area contributed by atoms with Crippen LogP contribution in [0.1, 0.15) is 11.7 Å². The van der Waals surface area contributed by atoms with Gasteiger partial charge in [0.2, 0.25) is 5.91 Å². The fourth-order valence-corrected chi connectivity index (χ4v) is 2.69. The number of rotatable bonds is 3. The summed E-state index contributed by atoms with van der Waals surface area (Å²) in [6, 6.07) is 16.2. The van der Waals surface area contributed by atoms with Gasteiger partial charge in [0.15, 0.2) is 0 Å². The van der Waals surface area contributed by atoms with Crippen molar-refractivity contribution in [2.45, 2.75) is 6.17 Å². The second-order valence-electron chi connectivity index (χ2n) is 5.21. The number of nitrogens with one attached hydrogen (secondary N) is 1. The standard InChI is InChI=1S/C17H18N2O2/c1-19-11-16(20)18-17(19)13-9-7-12(8-10-13)14-5-3-4-6-15(14)21-2/h3-10,17H,11H2,1-2H3,(H,18,20). The first-order chi connectivity index (χ1) is 10.2. The smallest absolute Gasteiger partial charge is 0.235 e. The number of ether oxygens (including phenoxy) is 1. The SMILES string of the molecule is COc1ccccc1-c1ccc(C2NC(=O)CN2C)cc1. The third-order valence-corrected chi connectivity index (χ3v) is 3.78. The molecule has 1 saturated heterocycles. The van der Waals surface area contributed by atoms with Gasteiger partial charge < -0.3 is 10.1 Å². The van der Waals surface area contributed by atoms with Gasteiger partial charge in [0.1, 0.15) is 11.9 Å². The molecular formula is C17H18N2O2. The number of hydrogen-bond acceptors (Lipinski definition) is 3. The summed E-state index contributed by atoms with van der Waals surface area (Å²) in [5.74, 6) is 0.924. The number of methoxy groups -OCH3 is 1. The molecule has 1 heterocycles. The molecule has 3 rings (SSSR count). The molecule has 21 heavy (non-hydrogen) atoms. The topological polar surface area (TPSA) is 41.6 Å². The van der Waals surface area contributed by atoms with Crippen molar-refractivity contribution in [1.82, 2.24) is 10.2 Å². The van der Waals surface area contributed by atoms with Crippen molar-refractivity contribution in [3.63, 3.8) is 0 Å². The van der Waals surface area contributed by atoms with Crippen LogP contribution in [0, 0.1) is 0 Å². The Morgan fingerprint density at radius 2 is 1.86 bits per heavy atom. The molecule has 1 fully saturated rings. The van der Waals surface area contributed by atoms with E-state index in [0.717, 1.165) is 22.4 Å². The molecule has 0 saturated carbocycles. The van der Waals surface area contributed by atoms with E-state index in [2.05, 4.69) is 29.6 Å². The summed E-state index contributed by atoms with van der Waals surface area (Å²) in [5, 5.41) is 2.96. The molecule has 4 nitrogen and oxygen atoms in total. The predicted octanol–water partition coefficient (Wildman–Crippen LogP) is 2.42. The van der Waals surface area contributed by atoms with E-state index in [-0.39, 0.29) is 12.1 Å². The van der Waals surface area contributed by atoms with Crippen LogP contribution in [0.5, 0.6) is 5.75 Å². The van der Waals surface area contributed by atoms with E-state index in [1.807, 2.05) is 36.2 Å². The Balaban J connectivity index is 1.89. The number of benzene rings is 2. The summed E-state index contributed by atoms with van der Waals surface area (Å²) in [6.45, 7) is 0.443. The van der Waals surface area contributed by atoms with Gasteiger partial charge >= 0.3 is 0 Å².